The van der Waals surface area contributed by atoms with E-state index >= 15 is 0 Å². The van der Waals surface area contributed by atoms with Crippen LogP contribution in [0, 0.1) is 0 Å². The smallest absolute Gasteiger partial charge is 0.241 e. The van der Waals surface area contributed by atoms with Crippen LogP contribution in [0.15, 0.2) is 40.8 Å². The number of hydrogen-bond acceptors (Lipinski definition) is 4. The van der Waals surface area contributed by atoms with Crippen LogP contribution in [-0.2, 0) is 4.79 Å². The van der Waals surface area contributed by atoms with Crippen molar-refractivity contribution in [2.24, 2.45) is 0 Å². The number of methoxy groups -OCH3 is 1. The minimum atomic E-state index is -0.133. The SMILES string of the molecule is COc1cc2c(cc1NC(=O)[C@@H]1CCCN1)oc1ccccc12.Cl. The summed E-state index contributed by atoms with van der Waals surface area (Å²) in [4.78, 5) is 12.3. The van der Waals surface area contributed by atoms with Crippen molar-refractivity contribution in [2.75, 3.05) is 19.0 Å². The lowest BCUT2D eigenvalue weighted by Crippen LogP contribution is -2.35. The fourth-order valence-corrected chi connectivity index (χ4v) is 3.15. The first-order chi connectivity index (χ1) is 11.3. The summed E-state index contributed by atoms with van der Waals surface area (Å²) in [5.74, 6) is 0.603. The van der Waals surface area contributed by atoms with E-state index in [1.54, 1.807) is 7.11 Å². The fraction of sp³-hybridized carbons (Fsp3) is 0.278. The van der Waals surface area contributed by atoms with Gasteiger partial charge in [0, 0.05) is 16.8 Å². The van der Waals surface area contributed by atoms with Gasteiger partial charge in [-0.1, -0.05) is 18.2 Å². The molecule has 1 aliphatic heterocycles. The number of benzene rings is 2. The van der Waals surface area contributed by atoms with Gasteiger partial charge in [0.15, 0.2) is 0 Å². The van der Waals surface area contributed by atoms with Crippen molar-refractivity contribution in [3.8, 4) is 5.75 Å². The second-order valence-electron chi connectivity index (χ2n) is 5.79. The van der Waals surface area contributed by atoms with Crippen LogP contribution in [0.5, 0.6) is 5.75 Å². The molecule has 6 heteroatoms. The lowest BCUT2D eigenvalue weighted by atomic mass is 10.1. The summed E-state index contributed by atoms with van der Waals surface area (Å²) in [6, 6.07) is 11.5. The molecule has 1 aromatic heterocycles. The predicted molar refractivity (Wildman–Crippen MR) is 97.2 cm³/mol. The molecule has 126 valence electrons. The molecule has 2 N–H and O–H groups in total. The van der Waals surface area contributed by atoms with Crippen molar-refractivity contribution in [1.82, 2.24) is 5.32 Å². The largest absolute Gasteiger partial charge is 0.495 e. The van der Waals surface area contributed by atoms with E-state index in [0.29, 0.717) is 11.4 Å². The highest BCUT2D eigenvalue weighted by atomic mass is 35.5. The van der Waals surface area contributed by atoms with Gasteiger partial charge in [-0.25, -0.2) is 0 Å². The van der Waals surface area contributed by atoms with Crippen LogP contribution in [0.4, 0.5) is 5.69 Å². The maximum absolute atomic E-state index is 12.3. The number of hydrogen-bond donors (Lipinski definition) is 2. The number of amides is 1. The summed E-state index contributed by atoms with van der Waals surface area (Å²) in [7, 11) is 1.60. The first kappa shape index (κ1) is 16.6. The number of fused-ring (bicyclic) bond motifs is 3. The molecule has 2 aromatic carbocycles. The molecular weight excluding hydrogens is 328 g/mol. The highest BCUT2D eigenvalue weighted by Gasteiger charge is 2.23. The molecule has 4 rings (SSSR count). The molecule has 1 amide bonds. The average Bonchev–Trinajstić information content (AvgIpc) is 3.21. The lowest BCUT2D eigenvalue weighted by molar-refractivity contribution is -0.117. The van der Waals surface area contributed by atoms with E-state index in [9.17, 15) is 4.79 Å². The Hall–Kier alpha value is -2.24. The normalized spacial score (nSPS) is 17.0. The Morgan fingerprint density at radius 1 is 1.25 bits per heavy atom. The third-order valence-electron chi connectivity index (χ3n) is 4.33. The zero-order valence-corrected chi connectivity index (χ0v) is 14.1. The number of carbonyl (C=O) groups is 1. The van der Waals surface area contributed by atoms with Crippen LogP contribution >= 0.6 is 12.4 Å². The van der Waals surface area contributed by atoms with E-state index in [2.05, 4.69) is 10.6 Å². The molecule has 0 saturated carbocycles. The van der Waals surface area contributed by atoms with Crippen LogP contribution in [0.25, 0.3) is 21.9 Å². The van der Waals surface area contributed by atoms with Crippen molar-refractivity contribution in [3.05, 3.63) is 36.4 Å². The van der Waals surface area contributed by atoms with Crippen molar-refractivity contribution < 1.29 is 13.9 Å². The molecule has 0 bridgehead atoms. The number of nitrogens with one attached hydrogen (secondary N) is 2. The highest BCUT2D eigenvalue weighted by Crippen LogP contribution is 2.36. The Labute approximate surface area is 145 Å². The Bertz CT molecular complexity index is 884. The molecule has 0 unspecified atom stereocenters. The van der Waals surface area contributed by atoms with E-state index in [4.69, 9.17) is 9.15 Å². The average molecular weight is 347 g/mol. The van der Waals surface area contributed by atoms with Gasteiger partial charge in [0.1, 0.15) is 16.9 Å². The van der Waals surface area contributed by atoms with Crippen molar-refractivity contribution in [2.45, 2.75) is 18.9 Å². The number of halogens is 1. The van der Waals surface area contributed by atoms with Gasteiger partial charge in [-0.3, -0.25) is 4.79 Å². The first-order valence-corrected chi connectivity index (χ1v) is 7.80. The number of furan rings is 1. The molecule has 3 aromatic rings. The van der Waals surface area contributed by atoms with E-state index in [1.807, 2.05) is 36.4 Å². The number of ether oxygens (including phenoxy) is 1. The molecular formula is C18H19ClN2O3. The van der Waals surface area contributed by atoms with Crippen molar-refractivity contribution in [3.63, 3.8) is 0 Å². The molecule has 0 spiro atoms. The molecule has 2 heterocycles. The van der Waals surface area contributed by atoms with Gasteiger partial charge in [0.05, 0.1) is 18.8 Å². The maximum Gasteiger partial charge on any atom is 0.241 e. The quantitative estimate of drug-likeness (QED) is 0.759. The van der Waals surface area contributed by atoms with Gasteiger partial charge in [-0.05, 0) is 31.5 Å². The zero-order valence-electron chi connectivity index (χ0n) is 13.3. The second kappa shape index (κ2) is 6.71. The van der Waals surface area contributed by atoms with Crippen LogP contribution in [-0.4, -0.2) is 25.6 Å². The lowest BCUT2D eigenvalue weighted by Gasteiger charge is -2.13. The first-order valence-electron chi connectivity index (χ1n) is 7.80. The Kier molecular flexibility index (Phi) is 4.64. The maximum atomic E-state index is 12.3. The van der Waals surface area contributed by atoms with E-state index < -0.39 is 0 Å². The third kappa shape index (κ3) is 2.81. The minimum absolute atomic E-state index is 0. The van der Waals surface area contributed by atoms with Gasteiger partial charge >= 0.3 is 0 Å². The van der Waals surface area contributed by atoms with E-state index in [-0.39, 0.29) is 24.4 Å². The molecule has 1 fully saturated rings. The van der Waals surface area contributed by atoms with Gasteiger partial charge in [-0.2, -0.15) is 0 Å². The summed E-state index contributed by atoms with van der Waals surface area (Å²) < 4.78 is 11.3. The molecule has 1 atom stereocenters. The van der Waals surface area contributed by atoms with Crippen LogP contribution in [0.3, 0.4) is 0 Å². The number of anilines is 1. The van der Waals surface area contributed by atoms with Crippen molar-refractivity contribution in [1.29, 1.82) is 0 Å². The summed E-state index contributed by atoms with van der Waals surface area (Å²) in [5, 5.41) is 8.17. The minimum Gasteiger partial charge on any atom is -0.495 e. The van der Waals surface area contributed by atoms with Gasteiger partial charge in [0.2, 0.25) is 5.91 Å². The van der Waals surface area contributed by atoms with E-state index in [1.165, 1.54) is 0 Å². The Morgan fingerprint density at radius 2 is 2.08 bits per heavy atom. The number of carbonyl (C=O) groups excluding carboxylic acids is 1. The topological polar surface area (TPSA) is 63.5 Å². The predicted octanol–water partition coefficient (Wildman–Crippen LogP) is 3.71. The summed E-state index contributed by atoms with van der Waals surface area (Å²) in [5.41, 5.74) is 2.20. The second-order valence-corrected chi connectivity index (χ2v) is 5.79. The summed E-state index contributed by atoms with van der Waals surface area (Å²) in [6.07, 6.45) is 1.89. The molecule has 1 saturated heterocycles. The molecule has 0 aliphatic carbocycles. The Morgan fingerprint density at radius 3 is 2.83 bits per heavy atom. The summed E-state index contributed by atoms with van der Waals surface area (Å²) >= 11 is 0. The standard InChI is InChI=1S/C18H18N2O3.ClH/c1-22-17-9-12-11-5-2-3-7-15(11)23-16(12)10-14(17)20-18(21)13-6-4-8-19-13;/h2-3,5,7,9-10,13,19H,4,6,8H2,1H3,(H,20,21);1H/t13-;/m0./s1. The van der Waals surface area contributed by atoms with Gasteiger partial charge in [-0.15, -0.1) is 12.4 Å². The highest BCUT2D eigenvalue weighted by molar-refractivity contribution is 6.08. The van der Waals surface area contributed by atoms with Crippen LogP contribution in [0.2, 0.25) is 0 Å². The van der Waals surface area contributed by atoms with Crippen molar-refractivity contribution >= 4 is 45.9 Å². The summed E-state index contributed by atoms with van der Waals surface area (Å²) in [6.45, 7) is 0.887. The third-order valence-corrected chi connectivity index (χ3v) is 4.33. The van der Waals surface area contributed by atoms with E-state index in [0.717, 1.165) is 41.3 Å². The zero-order chi connectivity index (χ0) is 15.8. The number of rotatable bonds is 3. The van der Waals surface area contributed by atoms with Crippen LogP contribution < -0.4 is 15.4 Å². The molecule has 1 aliphatic rings. The number of para-hydroxylation sites is 1. The monoisotopic (exact) mass is 346 g/mol. The van der Waals surface area contributed by atoms with Crippen LogP contribution in [0.1, 0.15) is 12.8 Å². The van der Waals surface area contributed by atoms with Gasteiger partial charge in [0.25, 0.3) is 0 Å². The Balaban J connectivity index is 0.00000169. The molecule has 5 nitrogen and oxygen atoms in total. The molecule has 24 heavy (non-hydrogen) atoms. The van der Waals surface area contributed by atoms with Gasteiger partial charge < -0.3 is 19.8 Å². The molecule has 0 radical (unpaired) electrons. The fourth-order valence-electron chi connectivity index (χ4n) is 3.15.